The van der Waals surface area contributed by atoms with Crippen molar-refractivity contribution in [2.75, 3.05) is 49.3 Å². The van der Waals surface area contributed by atoms with Gasteiger partial charge in [-0.2, -0.15) is 0 Å². The van der Waals surface area contributed by atoms with Crippen LogP contribution in [0.15, 0.2) is 77.7 Å². The van der Waals surface area contributed by atoms with Crippen LogP contribution >= 0.6 is 23.4 Å². The second kappa shape index (κ2) is 12.0. The van der Waals surface area contributed by atoms with E-state index in [9.17, 15) is 14.4 Å². The fourth-order valence-corrected chi connectivity index (χ4v) is 4.76. The minimum absolute atomic E-state index is 0.00374. The number of esters is 1. The molecule has 0 radical (unpaired) electrons. The van der Waals surface area contributed by atoms with E-state index in [0.29, 0.717) is 48.0 Å². The lowest BCUT2D eigenvalue weighted by Crippen LogP contribution is -2.49. The Labute approximate surface area is 219 Å². The molecule has 1 fully saturated rings. The molecular weight excluding hydrogens is 498 g/mol. The van der Waals surface area contributed by atoms with Crippen molar-refractivity contribution in [1.82, 2.24) is 4.90 Å². The molecule has 0 spiro atoms. The molecule has 4 rings (SSSR count). The third-order valence-electron chi connectivity index (χ3n) is 5.80. The Morgan fingerprint density at radius 2 is 1.61 bits per heavy atom. The molecule has 0 aromatic heterocycles. The first-order valence-corrected chi connectivity index (χ1v) is 12.8. The lowest BCUT2D eigenvalue weighted by atomic mass is 10.1. The number of piperazine rings is 1. The molecule has 36 heavy (non-hydrogen) atoms. The summed E-state index contributed by atoms with van der Waals surface area (Å²) in [5.74, 6) is -0.478. The van der Waals surface area contributed by atoms with E-state index < -0.39 is 5.97 Å². The number of ether oxygens (including phenoxy) is 1. The van der Waals surface area contributed by atoms with Crippen LogP contribution in [0.25, 0.3) is 0 Å². The zero-order valence-electron chi connectivity index (χ0n) is 19.8. The molecule has 0 atom stereocenters. The normalized spacial score (nSPS) is 13.3. The van der Waals surface area contributed by atoms with Gasteiger partial charge in [-0.1, -0.05) is 29.8 Å². The number of benzene rings is 3. The lowest BCUT2D eigenvalue weighted by Gasteiger charge is -2.37. The van der Waals surface area contributed by atoms with Crippen molar-refractivity contribution in [2.24, 2.45) is 0 Å². The molecule has 1 heterocycles. The predicted molar refractivity (Wildman–Crippen MR) is 143 cm³/mol. The van der Waals surface area contributed by atoms with Crippen molar-refractivity contribution in [3.05, 3.63) is 88.9 Å². The SMILES string of the molecule is COC(=O)c1ccc(N2CCN(C(=O)c3ccccc3)CC2)c(NC(=O)CSc2ccc(Cl)cc2)c1. The van der Waals surface area contributed by atoms with Gasteiger partial charge in [-0.15, -0.1) is 11.8 Å². The van der Waals surface area contributed by atoms with Gasteiger partial charge in [-0.25, -0.2) is 4.79 Å². The van der Waals surface area contributed by atoms with Crippen molar-refractivity contribution in [2.45, 2.75) is 4.90 Å². The number of amides is 2. The quantitative estimate of drug-likeness (QED) is 0.353. The van der Waals surface area contributed by atoms with Crippen LogP contribution in [0.3, 0.4) is 0 Å². The van der Waals surface area contributed by atoms with Crippen LogP contribution < -0.4 is 10.2 Å². The highest BCUT2D eigenvalue weighted by atomic mass is 35.5. The fourth-order valence-electron chi connectivity index (χ4n) is 3.94. The lowest BCUT2D eigenvalue weighted by molar-refractivity contribution is -0.113. The Bertz CT molecular complexity index is 1230. The number of carbonyl (C=O) groups is 3. The highest BCUT2D eigenvalue weighted by Gasteiger charge is 2.24. The van der Waals surface area contributed by atoms with Gasteiger partial charge in [0.15, 0.2) is 0 Å². The summed E-state index contributed by atoms with van der Waals surface area (Å²) in [5, 5.41) is 3.59. The molecule has 1 aliphatic rings. The molecule has 2 amide bonds. The maximum atomic E-state index is 12.8. The standard InChI is InChI=1S/C27H26ClN3O4S/c1-35-27(34)20-7-12-24(23(17-20)29-25(32)18-36-22-10-8-21(28)9-11-22)30-13-15-31(16-14-30)26(33)19-5-3-2-4-6-19/h2-12,17H,13-16,18H2,1H3,(H,29,32). The summed E-state index contributed by atoms with van der Waals surface area (Å²) in [6.45, 7) is 2.29. The third kappa shape index (κ3) is 6.38. The number of methoxy groups -OCH3 is 1. The molecule has 3 aromatic carbocycles. The largest absolute Gasteiger partial charge is 0.465 e. The molecule has 0 aliphatic carbocycles. The van der Waals surface area contributed by atoms with Crippen LogP contribution in [0.5, 0.6) is 0 Å². The van der Waals surface area contributed by atoms with Gasteiger partial charge in [0, 0.05) is 41.7 Å². The molecule has 186 valence electrons. The van der Waals surface area contributed by atoms with Crippen molar-refractivity contribution in [3.63, 3.8) is 0 Å². The number of nitrogens with zero attached hydrogens (tertiary/aromatic N) is 2. The molecular formula is C27H26ClN3O4S. The first-order chi connectivity index (χ1) is 17.4. The topological polar surface area (TPSA) is 79.0 Å². The summed E-state index contributed by atoms with van der Waals surface area (Å²) in [6.07, 6.45) is 0. The van der Waals surface area contributed by atoms with Gasteiger partial charge >= 0.3 is 5.97 Å². The maximum Gasteiger partial charge on any atom is 0.337 e. The Morgan fingerprint density at radius 3 is 2.28 bits per heavy atom. The Hall–Kier alpha value is -3.49. The molecule has 0 unspecified atom stereocenters. The summed E-state index contributed by atoms with van der Waals surface area (Å²) in [5.41, 5.74) is 2.33. The summed E-state index contributed by atoms with van der Waals surface area (Å²) in [6, 6.07) is 21.6. The monoisotopic (exact) mass is 523 g/mol. The summed E-state index contributed by atoms with van der Waals surface area (Å²) < 4.78 is 4.85. The maximum absolute atomic E-state index is 12.8. The first kappa shape index (κ1) is 25.6. The smallest absolute Gasteiger partial charge is 0.337 e. The van der Waals surface area contributed by atoms with E-state index in [1.54, 1.807) is 24.3 Å². The molecule has 0 bridgehead atoms. The van der Waals surface area contributed by atoms with Gasteiger partial charge in [-0.3, -0.25) is 9.59 Å². The second-order valence-corrected chi connectivity index (χ2v) is 9.64. The number of rotatable bonds is 7. The van der Waals surface area contributed by atoms with E-state index in [0.717, 1.165) is 10.6 Å². The minimum Gasteiger partial charge on any atom is -0.465 e. The van der Waals surface area contributed by atoms with Gasteiger partial charge in [0.25, 0.3) is 5.91 Å². The van der Waals surface area contributed by atoms with Gasteiger partial charge in [0.05, 0.1) is 29.8 Å². The molecule has 9 heteroatoms. The first-order valence-electron chi connectivity index (χ1n) is 11.4. The predicted octanol–water partition coefficient (Wildman–Crippen LogP) is 4.82. The van der Waals surface area contributed by atoms with Crippen LogP contribution in [-0.2, 0) is 9.53 Å². The Morgan fingerprint density at radius 1 is 0.917 bits per heavy atom. The van der Waals surface area contributed by atoms with E-state index in [-0.39, 0.29) is 17.6 Å². The number of thioether (sulfide) groups is 1. The van der Waals surface area contributed by atoms with E-state index in [4.69, 9.17) is 16.3 Å². The fraction of sp³-hybridized carbons (Fsp3) is 0.222. The molecule has 1 N–H and O–H groups in total. The zero-order valence-corrected chi connectivity index (χ0v) is 21.3. The number of hydrogen-bond donors (Lipinski definition) is 1. The van der Waals surface area contributed by atoms with Gasteiger partial charge in [-0.05, 0) is 54.6 Å². The summed E-state index contributed by atoms with van der Waals surface area (Å²) in [7, 11) is 1.32. The van der Waals surface area contributed by atoms with Crippen molar-refractivity contribution >= 4 is 52.5 Å². The molecule has 7 nitrogen and oxygen atoms in total. The van der Waals surface area contributed by atoms with E-state index in [1.807, 2.05) is 53.4 Å². The number of anilines is 2. The van der Waals surface area contributed by atoms with E-state index in [1.165, 1.54) is 18.9 Å². The van der Waals surface area contributed by atoms with Gasteiger partial charge < -0.3 is 19.9 Å². The third-order valence-corrected chi connectivity index (χ3v) is 7.07. The van der Waals surface area contributed by atoms with Gasteiger partial charge in [0.2, 0.25) is 5.91 Å². The Kier molecular flexibility index (Phi) is 8.51. The van der Waals surface area contributed by atoms with Crippen molar-refractivity contribution < 1.29 is 19.1 Å². The van der Waals surface area contributed by atoms with E-state index >= 15 is 0 Å². The molecule has 0 saturated carbocycles. The minimum atomic E-state index is -0.481. The van der Waals surface area contributed by atoms with Gasteiger partial charge in [0.1, 0.15) is 0 Å². The number of halogens is 1. The van der Waals surface area contributed by atoms with Crippen LogP contribution in [0.4, 0.5) is 11.4 Å². The highest BCUT2D eigenvalue weighted by Crippen LogP contribution is 2.30. The molecule has 3 aromatic rings. The van der Waals surface area contributed by atoms with Crippen molar-refractivity contribution in [3.8, 4) is 0 Å². The van der Waals surface area contributed by atoms with Crippen LogP contribution in [0, 0.1) is 0 Å². The Balaban J connectivity index is 1.45. The van der Waals surface area contributed by atoms with Crippen LogP contribution in [0.1, 0.15) is 20.7 Å². The number of nitrogens with one attached hydrogen (secondary N) is 1. The summed E-state index contributed by atoms with van der Waals surface area (Å²) in [4.78, 5) is 42.6. The summed E-state index contributed by atoms with van der Waals surface area (Å²) >= 11 is 7.32. The number of carbonyl (C=O) groups excluding carboxylic acids is 3. The number of hydrogen-bond acceptors (Lipinski definition) is 6. The van der Waals surface area contributed by atoms with Crippen molar-refractivity contribution in [1.29, 1.82) is 0 Å². The second-order valence-electron chi connectivity index (χ2n) is 8.16. The van der Waals surface area contributed by atoms with E-state index in [2.05, 4.69) is 10.2 Å². The average molecular weight is 524 g/mol. The van der Waals surface area contributed by atoms with Crippen LogP contribution in [0.2, 0.25) is 5.02 Å². The van der Waals surface area contributed by atoms with Crippen LogP contribution in [-0.4, -0.2) is 61.7 Å². The zero-order chi connectivity index (χ0) is 25.5. The average Bonchev–Trinajstić information content (AvgIpc) is 2.92. The highest BCUT2D eigenvalue weighted by molar-refractivity contribution is 8.00. The molecule has 1 saturated heterocycles. The molecule has 1 aliphatic heterocycles.